The van der Waals surface area contributed by atoms with E-state index in [4.69, 9.17) is 5.11 Å². The van der Waals surface area contributed by atoms with Crippen LogP contribution < -0.4 is 0 Å². The summed E-state index contributed by atoms with van der Waals surface area (Å²) < 4.78 is 1.84. The predicted molar refractivity (Wildman–Crippen MR) is 68.7 cm³/mol. The molecule has 1 unspecified atom stereocenters. The van der Waals surface area contributed by atoms with E-state index in [1.165, 1.54) is 0 Å². The second-order valence-electron chi connectivity index (χ2n) is 4.76. The summed E-state index contributed by atoms with van der Waals surface area (Å²) in [7, 11) is 0. The molecule has 5 nitrogen and oxygen atoms in total. The molecule has 5 heteroatoms. The largest absolute Gasteiger partial charge is 0.478 e. The van der Waals surface area contributed by atoms with Gasteiger partial charge in [0.05, 0.1) is 17.1 Å². The number of hydrogen-bond acceptors (Lipinski definition) is 3. The molecule has 2 rings (SSSR count). The number of rotatable bonds is 4. The van der Waals surface area contributed by atoms with E-state index in [1.54, 1.807) is 18.2 Å². The number of aromatic carboxylic acids is 1. The Balaban J connectivity index is 2.57. The molecular weight excluding hydrogens is 230 g/mol. The van der Waals surface area contributed by atoms with Crippen molar-refractivity contribution in [3.8, 4) is 0 Å². The van der Waals surface area contributed by atoms with Gasteiger partial charge in [-0.15, -0.1) is 5.10 Å². The molecule has 1 N–H and O–H groups in total. The molecule has 0 amide bonds. The van der Waals surface area contributed by atoms with Gasteiger partial charge in [-0.25, -0.2) is 9.48 Å². The van der Waals surface area contributed by atoms with E-state index in [2.05, 4.69) is 31.1 Å². The van der Waals surface area contributed by atoms with Crippen LogP contribution in [0.25, 0.3) is 11.0 Å². The summed E-state index contributed by atoms with van der Waals surface area (Å²) in [4.78, 5) is 11.0. The average Bonchev–Trinajstić information content (AvgIpc) is 2.73. The number of carbonyl (C=O) groups is 1. The molecule has 0 radical (unpaired) electrons. The van der Waals surface area contributed by atoms with E-state index in [9.17, 15) is 4.79 Å². The molecule has 0 saturated carbocycles. The van der Waals surface area contributed by atoms with Crippen LogP contribution in [-0.2, 0) is 0 Å². The Hall–Kier alpha value is -1.91. The second-order valence-corrected chi connectivity index (χ2v) is 4.76. The summed E-state index contributed by atoms with van der Waals surface area (Å²) in [6.45, 7) is 6.35. The molecule has 0 saturated heterocycles. The fourth-order valence-electron chi connectivity index (χ4n) is 2.24. The fourth-order valence-corrected chi connectivity index (χ4v) is 2.24. The monoisotopic (exact) mass is 247 g/mol. The van der Waals surface area contributed by atoms with Gasteiger partial charge in [0, 0.05) is 0 Å². The number of nitrogens with zero attached hydrogens (tertiary/aromatic N) is 3. The summed E-state index contributed by atoms with van der Waals surface area (Å²) in [6.07, 6.45) is 0.938. The van der Waals surface area contributed by atoms with Crippen LogP contribution >= 0.6 is 0 Å². The molecule has 0 bridgehead atoms. The standard InChI is InChI=1S/C13H17N3O2/c1-4-11(8(2)3)16-12-7-9(13(17)18)5-6-10(12)14-15-16/h5-8,11H,4H2,1-3H3,(H,17,18). The van der Waals surface area contributed by atoms with E-state index < -0.39 is 5.97 Å². The van der Waals surface area contributed by atoms with Crippen molar-refractivity contribution in [3.63, 3.8) is 0 Å². The van der Waals surface area contributed by atoms with Crippen molar-refractivity contribution in [2.24, 2.45) is 5.92 Å². The lowest BCUT2D eigenvalue weighted by molar-refractivity contribution is 0.0697. The number of hydrogen-bond donors (Lipinski definition) is 1. The maximum Gasteiger partial charge on any atom is 0.335 e. The summed E-state index contributed by atoms with van der Waals surface area (Å²) in [5.74, 6) is -0.504. The highest BCUT2D eigenvalue weighted by Crippen LogP contribution is 2.25. The van der Waals surface area contributed by atoms with E-state index in [0.717, 1.165) is 17.5 Å². The molecule has 1 aromatic carbocycles. The zero-order chi connectivity index (χ0) is 13.3. The molecule has 18 heavy (non-hydrogen) atoms. The maximum atomic E-state index is 11.0. The highest BCUT2D eigenvalue weighted by atomic mass is 16.4. The first-order chi connectivity index (χ1) is 8.54. The summed E-state index contributed by atoms with van der Waals surface area (Å²) in [6, 6.07) is 5.14. The number of carboxylic acids is 1. The predicted octanol–water partition coefficient (Wildman–Crippen LogP) is 2.74. The quantitative estimate of drug-likeness (QED) is 0.902. The zero-order valence-electron chi connectivity index (χ0n) is 10.8. The average molecular weight is 247 g/mol. The van der Waals surface area contributed by atoms with E-state index >= 15 is 0 Å². The van der Waals surface area contributed by atoms with Crippen molar-refractivity contribution < 1.29 is 9.90 Å². The van der Waals surface area contributed by atoms with Gasteiger partial charge in [-0.3, -0.25) is 0 Å². The van der Waals surface area contributed by atoms with Crippen LogP contribution in [0.15, 0.2) is 18.2 Å². The molecule has 0 aliphatic rings. The highest BCUT2D eigenvalue weighted by Gasteiger charge is 2.18. The van der Waals surface area contributed by atoms with Gasteiger partial charge in [0.1, 0.15) is 5.52 Å². The van der Waals surface area contributed by atoms with Crippen LogP contribution in [0.4, 0.5) is 0 Å². The highest BCUT2D eigenvalue weighted by molar-refractivity contribution is 5.92. The second kappa shape index (κ2) is 4.76. The molecule has 0 spiro atoms. The number of fused-ring (bicyclic) bond motifs is 1. The third-order valence-electron chi connectivity index (χ3n) is 3.22. The third kappa shape index (κ3) is 2.08. The first-order valence-electron chi connectivity index (χ1n) is 6.12. The molecule has 0 fully saturated rings. The SMILES string of the molecule is CCC(C(C)C)n1nnc2ccc(C(=O)O)cc21. The van der Waals surface area contributed by atoms with Crippen LogP contribution in [0.3, 0.4) is 0 Å². The van der Waals surface area contributed by atoms with Crippen molar-refractivity contribution in [2.75, 3.05) is 0 Å². The van der Waals surface area contributed by atoms with Crippen molar-refractivity contribution in [3.05, 3.63) is 23.8 Å². The maximum absolute atomic E-state index is 11.0. The number of benzene rings is 1. The van der Waals surface area contributed by atoms with Gasteiger partial charge in [-0.1, -0.05) is 26.0 Å². The van der Waals surface area contributed by atoms with Gasteiger partial charge in [-0.2, -0.15) is 0 Å². The van der Waals surface area contributed by atoms with Crippen LogP contribution in [0.5, 0.6) is 0 Å². The van der Waals surface area contributed by atoms with Crippen LogP contribution in [0.2, 0.25) is 0 Å². The number of carboxylic acid groups (broad SMARTS) is 1. The lowest BCUT2D eigenvalue weighted by atomic mass is 10.0. The van der Waals surface area contributed by atoms with Crippen LogP contribution in [0, 0.1) is 5.92 Å². The Morgan fingerprint density at radius 1 is 1.44 bits per heavy atom. The Labute approximate surface area is 105 Å². The molecule has 1 atom stereocenters. The van der Waals surface area contributed by atoms with Crippen molar-refractivity contribution >= 4 is 17.0 Å². The fraction of sp³-hybridized carbons (Fsp3) is 0.462. The molecule has 0 aliphatic heterocycles. The molecule has 2 aromatic rings. The normalized spacial score (nSPS) is 13.1. The molecule has 1 heterocycles. The van der Waals surface area contributed by atoms with E-state index in [0.29, 0.717) is 5.92 Å². The minimum atomic E-state index is -0.928. The third-order valence-corrected chi connectivity index (χ3v) is 3.22. The Morgan fingerprint density at radius 3 is 2.72 bits per heavy atom. The van der Waals surface area contributed by atoms with Gasteiger partial charge in [0.2, 0.25) is 0 Å². The van der Waals surface area contributed by atoms with Crippen molar-refractivity contribution in [2.45, 2.75) is 33.2 Å². The summed E-state index contributed by atoms with van der Waals surface area (Å²) in [5.41, 5.74) is 1.79. The molecular formula is C13H17N3O2. The Morgan fingerprint density at radius 2 is 2.17 bits per heavy atom. The van der Waals surface area contributed by atoms with Gasteiger partial charge < -0.3 is 5.11 Å². The molecule has 96 valence electrons. The lowest BCUT2D eigenvalue weighted by Gasteiger charge is -2.19. The van der Waals surface area contributed by atoms with Crippen LogP contribution in [0.1, 0.15) is 43.6 Å². The lowest BCUT2D eigenvalue weighted by Crippen LogP contribution is -2.15. The summed E-state index contributed by atoms with van der Waals surface area (Å²) >= 11 is 0. The molecule has 0 aliphatic carbocycles. The van der Waals surface area contributed by atoms with Gasteiger partial charge in [0.25, 0.3) is 0 Å². The first-order valence-corrected chi connectivity index (χ1v) is 6.12. The minimum Gasteiger partial charge on any atom is -0.478 e. The first kappa shape index (κ1) is 12.5. The van der Waals surface area contributed by atoms with Crippen LogP contribution in [-0.4, -0.2) is 26.1 Å². The molecule has 1 aromatic heterocycles. The minimum absolute atomic E-state index is 0.235. The smallest absolute Gasteiger partial charge is 0.335 e. The zero-order valence-corrected chi connectivity index (χ0v) is 10.8. The van der Waals surface area contributed by atoms with Crippen molar-refractivity contribution in [1.29, 1.82) is 0 Å². The van der Waals surface area contributed by atoms with E-state index in [-0.39, 0.29) is 11.6 Å². The summed E-state index contributed by atoms with van der Waals surface area (Å²) in [5, 5.41) is 17.3. The Kier molecular flexibility index (Phi) is 3.32. The Bertz CT molecular complexity index is 575. The van der Waals surface area contributed by atoms with Gasteiger partial charge in [0.15, 0.2) is 0 Å². The van der Waals surface area contributed by atoms with E-state index in [1.807, 2.05) is 4.68 Å². The topological polar surface area (TPSA) is 68.0 Å². The van der Waals surface area contributed by atoms with Gasteiger partial charge in [-0.05, 0) is 30.5 Å². The number of aromatic nitrogens is 3. The van der Waals surface area contributed by atoms with Crippen molar-refractivity contribution in [1.82, 2.24) is 15.0 Å². The van der Waals surface area contributed by atoms with Gasteiger partial charge >= 0.3 is 5.97 Å².